The van der Waals surface area contributed by atoms with E-state index < -0.39 is 30.0 Å². The second kappa shape index (κ2) is 11.6. The SMILES string of the molecule is C#CCCC[C@@H](NC(=O)[C@@H](NC(=O)OCc1ccccc1)C(C)C)C(N)=O. The van der Waals surface area contributed by atoms with Crippen molar-refractivity contribution >= 4 is 17.9 Å². The number of benzene rings is 1. The number of terminal acetylenes is 1. The average Bonchev–Trinajstić information content (AvgIpc) is 2.64. The van der Waals surface area contributed by atoms with Crippen LogP contribution in [0.4, 0.5) is 4.79 Å². The lowest BCUT2D eigenvalue weighted by Gasteiger charge is -2.24. The van der Waals surface area contributed by atoms with E-state index in [2.05, 4.69) is 16.6 Å². The molecular weight excluding hydrogens is 346 g/mol. The third-order valence-corrected chi connectivity index (χ3v) is 3.91. The molecule has 146 valence electrons. The molecule has 3 amide bonds. The first-order valence-electron chi connectivity index (χ1n) is 8.85. The molecule has 1 aromatic rings. The molecular formula is C20H27N3O4. The number of nitrogens with two attached hydrogens (primary N) is 1. The topological polar surface area (TPSA) is 111 Å². The van der Waals surface area contributed by atoms with Crippen LogP contribution in [0.25, 0.3) is 0 Å². The Bertz CT molecular complexity index is 668. The predicted octanol–water partition coefficient (Wildman–Crippen LogP) is 1.71. The van der Waals surface area contributed by atoms with Crippen molar-refractivity contribution in [1.82, 2.24) is 10.6 Å². The second-order valence-electron chi connectivity index (χ2n) is 6.49. The van der Waals surface area contributed by atoms with Crippen molar-refractivity contribution in [3.8, 4) is 12.3 Å². The number of unbranched alkanes of at least 4 members (excludes halogenated alkanes) is 1. The van der Waals surface area contributed by atoms with Crippen LogP contribution < -0.4 is 16.4 Å². The number of primary amides is 1. The number of ether oxygens (including phenoxy) is 1. The zero-order valence-corrected chi connectivity index (χ0v) is 15.7. The Labute approximate surface area is 160 Å². The molecule has 0 bridgehead atoms. The first kappa shape index (κ1) is 22.0. The first-order chi connectivity index (χ1) is 12.8. The largest absolute Gasteiger partial charge is 0.445 e. The molecule has 27 heavy (non-hydrogen) atoms. The highest BCUT2D eigenvalue weighted by Crippen LogP contribution is 2.07. The van der Waals surface area contributed by atoms with Crippen molar-refractivity contribution in [3.63, 3.8) is 0 Å². The molecule has 0 fully saturated rings. The highest BCUT2D eigenvalue weighted by atomic mass is 16.5. The molecule has 0 aliphatic rings. The maximum absolute atomic E-state index is 12.5. The second-order valence-corrected chi connectivity index (χ2v) is 6.49. The Morgan fingerprint density at radius 2 is 1.85 bits per heavy atom. The molecule has 0 saturated heterocycles. The summed E-state index contributed by atoms with van der Waals surface area (Å²) in [5.74, 6) is 1.12. The number of hydrogen-bond donors (Lipinski definition) is 3. The van der Waals surface area contributed by atoms with Gasteiger partial charge in [0.1, 0.15) is 18.7 Å². The smallest absolute Gasteiger partial charge is 0.408 e. The lowest BCUT2D eigenvalue weighted by atomic mass is 10.0. The van der Waals surface area contributed by atoms with E-state index in [0.717, 1.165) is 5.56 Å². The maximum Gasteiger partial charge on any atom is 0.408 e. The van der Waals surface area contributed by atoms with Gasteiger partial charge < -0.3 is 21.1 Å². The summed E-state index contributed by atoms with van der Waals surface area (Å²) in [5.41, 5.74) is 6.17. The van der Waals surface area contributed by atoms with Gasteiger partial charge in [-0.3, -0.25) is 9.59 Å². The van der Waals surface area contributed by atoms with Gasteiger partial charge in [0.05, 0.1) is 0 Å². The van der Waals surface area contributed by atoms with Crippen molar-refractivity contribution in [1.29, 1.82) is 0 Å². The van der Waals surface area contributed by atoms with Crippen LogP contribution in [-0.4, -0.2) is 30.0 Å². The van der Waals surface area contributed by atoms with Gasteiger partial charge in [-0.15, -0.1) is 12.3 Å². The standard InChI is InChI=1S/C20H27N3O4/c1-4-5-7-12-16(18(21)24)22-19(25)17(14(2)3)23-20(26)27-13-15-10-8-6-9-11-15/h1,6,8-11,14,16-17H,5,7,12-13H2,2-3H3,(H2,21,24)(H,22,25)(H,23,26)/t16-,17+/m1/s1. The van der Waals surface area contributed by atoms with Crippen LogP contribution in [0, 0.1) is 18.3 Å². The normalized spacial score (nSPS) is 12.5. The minimum atomic E-state index is -0.859. The van der Waals surface area contributed by atoms with E-state index in [0.29, 0.717) is 19.3 Å². The molecule has 0 aromatic heterocycles. The van der Waals surface area contributed by atoms with E-state index in [1.807, 2.05) is 30.3 Å². The molecule has 1 aromatic carbocycles. The monoisotopic (exact) mass is 373 g/mol. The van der Waals surface area contributed by atoms with E-state index in [9.17, 15) is 14.4 Å². The molecule has 0 aliphatic heterocycles. The molecule has 0 aliphatic carbocycles. The van der Waals surface area contributed by atoms with Crippen LogP contribution in [0.5, 0.6) is 0 Å². The Hall–Kier alpha value is -3.01. The van der Waals surface area contributed by atoms with Gasteiger partial charge in [-0.05, 0) is 24.3 Å². The summed E-state index contributed by atoms with van der Waals surface area (Å²) in [5, 5.41) is 5.12. The Kier molecular flexibility index (Phi) is 9.45. The summed E-state index contributed by atoms with van der Waals surface area (Å²) >= 11 is 0. The predicted molar refractivity (Wildman–Crippen MR) is 102 cm³/mol. The number of nitrogens with one attached hydrogen (secondary N) is 2. The van der Waals surface area contributed by atoms with Crippen molar-refractivity contribution < 1.29 is 19.1 Å². The average molecular weight is 373 g/mol. The molecule has 0 heterocycles. The molecule has 4 N–H and O–H groups in total. The quantitative estimate of drug-likeness (QED) is 0.428. The maximum atomic E-state index is 12.5. The van der Waals surface area contributed by atoms with Gasteiger partial charge >= 0.3 is 6.09 Å². The summed E-state index contributed by atoms with van der Waals surface area (Å²) in [7, 11) is 0. The molecule has 0 saturated carbocycles. The number of hydrogen-bond acceptors (Lipinski definition) is 4. The lowest BCUT2D eigenvalue weighted by molar-refractivity contribution is -0.129. The zero-order valence-electron chi connectivity index (χ0n) is 15.7. The fourth-order valence-corrected chi connectivity index (χ4v) is 2.38. The summed E-state index contributed by atoms with van der Waals surface area (Å²) in [4.78, 5) is 36.1. The van der Waals surface area contributed by atoms with Gasteiger partial charge in [0.15, 0.2) is 0 Å². The van der Waals surface area contributed by atoms with Gasteiger partial charge in [0.2, 0.25) is 11.8 Å². The molecule has 1 rings (SSSR count). The van der Waals surface area contributed by atoms with Crippen molar-refractivity contribution in [2.45, 2.75) is 51.8 Å². The van der Waals surface area contributed by atoms with E-state index in [1.54, 1.807) is 13.8 Å². The Balaban J connectivity index is 2.61. The van der Waals surface area contributed by atoms with Gasteiger partial charge in [-0.2, -0.15) is 0 Å². The fraction of sp³-hybridized carbons (Fsp3) is 0.450. The zero-order chi connectivity index (χ0) is 20.2. The number of alkyl carbamates (subject to hydrolysis) is 1. The highest BCUT2D eigenvalue weighted by molar-refractivity contribution is 5.90. The van der Waals surface area contributed by atoms with E-state index in [1.165, 1.54) is 0 Å². The molecule has 7 heteroatoms. The van der Waals surface area contributed by atoms with Gasteiger partial charge in [0, 0.05) is 6.42 Å². The minimum Gasteiger partial charge on any atom is -0.445 e. The molecule has 7 nitrogen and oxygen atoms in total. The van der Waals surface area contributed by atoms with E-state index in [4.69, 9.17) is 16.9 Å². The summed E-state index contributed by atoms with van der Waals surface area (Å²) in [6.07, 6.45) is 5.86. The van der Waals surface area contributed by atoms with E-state index >= 15 is 0 Å². The van der Waals surface area contributed by atoms with Crippen LogP contribution in [0.2, 0.25) is 0 Å². The Morgan fingerprint density at radius 1 is 1.19 bits per heavy atom. The van der Waals surface area contributed by atoms with Crippen LogP contribution in [0.1, 0.15) is 38.7 Å². The number of carbonyl (C=O) groups is 3. The van der Waals surface area contributed by atoms with Gasteiger partial charge in [0.25, 0.3) is 0 Å². The summed E-state index contributed by atoms with van der Waals surface area (Å²) in [6.45, 7) is 3.65. The Morgan fingerprint density at radius 3 is 2.41 bits per heavy atom. The highest BCUT2D eigenvalue weighted by Gasteiger charge is 2.28. The number of carbonyl (C=O) groups excluding carboxylic acids is 3. The fourth-order valence-electron chi connectivity index (χ4n) is 2.38. The third-order valence-electron chi connectivity index (χ3n) is 3.91. The minimum absolute atomic E-state index is 0.0924. The van der Waals surface area contributed by atoms with Crippen LogP contribution in [-0.2, 0) is 20.9 Å². The van der Waals surface area contributed by atoms with Crippen molar-refractivity contribution in [3.05, 3.63) is 35.9 Å². The lowest BCUT2D eigenvalue weighted by Crippen LogP contribution is -2.54. The summed E-state index contributed by atoms with van der Waals surface area (Å²) in [6, 6.07) is 7.50. The molecule has 0 radical (unpaired) electrons. The molecule has 0 spiro atoms. The third kappa shape index (κ3) is 8.27. The van der Waals surface area contributed by atoms with Crippen LogP contribution in [0.15, 0.2) is 30.3 Å². The van der Waals surface area contributed by atoms with Crippen molar-refractivity contribution in [2.24, 2.45) is 11.7 Å². The number of amides is 3. The first-order valence-corrected chi connectivity index (χ1v) is 8.85. The van der Waals surface area contributed by atoms with Crippen LogP contribution >= 0.6 is 0 Å². The van der Waals surface area contributed by atoms with Gasteiger partial charge in [-0.1, -0.05) is 44.2 Å². The van der Waals surface area contributed by atoms with E-state index in [-0.39, 0.29) is 12.5 Å². The van der Waals surface area contributed by atoms with Gasteiger partial charge in [-0.25, -0.2) is 4.79 Å². The summed E-state index contributed by atoms with van der Waals surface area (Å²) < 4.78 is 5.15. The molecule has 2 atom stereocenters. The number of rotatable bonds is 10. The van der Waals surface area contributed by atoms with Crippen molar-refractivity contribution in [2.75, 3.05) is 0 Å². The molecule has 0 unspecified atom stereocenters. The van der Waals surface area contributed by atoms with Crippen LogP contribution in [0.3, 0.4) is 0 Å².